The van der Waals surface area contributed by atoms with Crippen molar-refractivity contribution >= 4 is 0 Å². The van der Waals surface area contributed by atoms with Gasteiger partial charge >= 0.3 is 0 Å². The predicted octanol–water partition coefficient (Wildman–Crippen LogP) is 1.72. The lowest BCUT2D eigenvalue weighted by Crippen LogP contribution is -2.08. The number of nitrogens with one attached hydrogen (secondary N) is 1. The van der Waals surface area contributed by atoms with Crippen LogP contribution in [0.25, 0.3) is 0 Å². The number of hydrogen-bond acceptors (Lipinski definition) is 1. The molecule has 1 fully saturated rings. The molecule has 1 aliphatic heterocycles. The molecule has 1 aromatic rings. The van der Waals surface area contributed by atoms with E-state index in [-0.39, 0.29) is 11.7 Å². The van der Waals surface area contributed by atoms with Gasteiger partial charge in [-0.2, -0.15) is 0 Å². The molecule has 0 aromatic heterocycles. The smallest absolute Gasteiger partial charge is 0.126 e. The van der Waals surface area contributed by atoms with Crippen LogP contribution in [0.1, 0.15) is 11.5 Å². The van der Waals surface area contributed by atoms with Crippen LogP contribution in [0, 0.1) is 12.2 Å². The molecule has 12 heavy (non-hydrogen) atoms. The first-order chi connectivity index (χ1) is 5.88. The van der Waals surface area contributed by atoms with E-state index >= 15 is 0 Å². The zero-order chi connectivity index (χ0) is 8.39. The van der Waals surface area contributed by atoms with Crippen LogP contribution in [-0.4, -0.2) is 13.1 Å². The molecule has 1 aliphatic rings. The van der Waals surface area contributed by atoms with Gasteiger partial charge in [-0.1, -0.05) is 18.2 Å². The summed E-state index contributed by atoms with van der Waals surface area (Å²) in [4.78, 5) is 0. The van der Waals surface area contributed by atoms with E-state index in [1.807, 2.05) is 12.1 Å². The fourth-order valence-corrected chi connectivity index (χ4v) is 1.56. The highest BCUT2D eigenvalue weighted by atomic mass is 19.1. The molecule has 0 spiro atoms. The third-order valence-corrected chi connectivity index (χ3v) is 2.22. The highest BCUT2D eigenvalue weighted by Gasteiger charge is 2.19. The van der Waals surface area contributed by atoms with E-state index in [9.17, 15) is 4.39 Å². The van der Waals surface area contributed by atoms with Crippen molar-refractivity contribution in [1.29, 1.82) is 0 Å². The maximum Gasteiger partial charge on any atom is 0.126 e. The molecule has 0 bridgehead atoms. The Labute approximate surface area is 71.6 Å². The SMILES string of the molecule is Fc1ccccc1C1[CH]CNC1. The standard InChI is InChI=1S/C10H11FN/c11-10-4-2-1-3-9(10)8-5-6-12-7-8/h1-5,8,12H,6-7H2. The van der Waals surface area contributed by atoms with E-state index in [1.165, 1.54) is 6.07 Å². The van der Waals surface area contributed by atoms with Gasteiger partial charge in [0.15, 0.2) is 0 Å². The predicted molar refractivity (Wildman–Crippen MR) is 46.3 cm³/mol. The molecule has 0 amide bonds. The second-order valence-corrected chi connectivity index (χ2v) is 3.02. The van der Waals surface area contributed by atoms with Gasteiger partial charge in [-0.15, -0.1) is 0 Å². The lowest BCUT2D eigenvalue weighted by molar-refractivity contribution is 0.599. The van der Waals surface area contributed by atoms with Gasteiger partial charge in [0, 0.05) is 12.5 Å². The Morgan fingerprint density at radius 3 is 2.83 bits per heavy atom. The fraction of sp³-hybridized carbons (Fsp3) is 0.300. The summed E-state index contributed by atoms with van der Waals surface area (Å²) in [5, 5.41) is 3.18. The Bertz CT molecular complexity index is 266. The van der Waals surface area contributed by atoms with Gasteiger partial charge in [0.2, 0.25) is 0 Å². The maximum atomic E-state index is 13.2. The summed E-state index contributed by atoms with van der Waals surface area (Å²) >= 11 is 0. The van der Waals surface area contributed by atoms with Gasteiger partial charge in [0.25, 0.3) is 0 Å². The summed E-state index contributed by atoms with van der Waals surface area (Å²) in [6.45, 7) is 1.75. The monoisotopic (exact) mass is 164 g/mol. The number of rotatable bonds is 1. The summed E-state index contributed by atoms with van der Waals surface area (Å²) in [7, 11) is 0. The van der Waals surface area contributed by atoms with Gasteiger partial charge < -0.3 is 5.32 Å². The molecule has 1 nitrogen and oxygen atoms in total. The normalized spacial score (nSPS) is 22.9. The number of hydrogen-bond donors (Lipinski definition) is 1. The van der Waals surface area contributed by atoms with Crippen molar-refractivity contribution < 1.29 is 4.39 Å². The number of halogens is 1. The van der Waals surface area contributed by atoms with Crippen molar-refractivity contribution in [3.63, 3.8) is 0 Å². The molecular weight excluding hydrogens is 153 g/mol. The zero-order valence-corrected chi connectivity index (χ0v) is 6.76. The quantitative estimate of drug-likeness (QED) is 0.666. The average Bonchev–Trinajstić information content (AvgIpc) is 2.57. The van der Waals surface area contributed by atoms with Crippen LogP contribution in [0.4, 0.5) is 4.39 Å². The van der Waals surface area contributed by atoms with Crippen LogP contribution >= 0.6 is 0 Å². The molecule has 1 aromatic carbocycles. The van der Waals surface area contributed by atoms with Crippen molar-refractivity contribution in [1.82, 2.24) is 5.32 Å². The summed E-state index contributed by atoms with van der Waals surface area (Å²) in [6.07, 6.45) is 2.11. The summed E-state index contributed by atoms with van der Waals surface area (Å²) in [5.74, 6) is 0.161. The highest BCUT2D eigenvalue weighted by Crippen LogP contribution is 2.23. The summed E-state index contributed by atoms with van der Waals surface area (Å²) < 4.78 is 13.2. The molecule has 2 rings (SSSR count). The van der Waals surface area contributed by atoms with Crippen molar-refractivity contribution in [2.45, 2.75) is 5.92 Å². The Morgan fingerprint density at radius 1 is 1.33 bits per heavy atom. The largest absolute Gasteiger partial charge is 0.316 e. The average molecular weight is 164 g/mol. The topological polar surface area (TPSA) is 12.0 Å². The molecule has 1 heterocycles. The minimum absolute atomic E-state index is 0.0950. The maximum absolute atomic E-state index is 13.2. The van der Waals surface area contributed by atoms with Gasteiger partial charge in [-0.3, -0.25) is 0 Å². The molecule has 1 saturated heterocycles. The van der Waals surface area contributed by atoms with Crippen molar-refractivity contribution in [2.24, 2.45) is 0 Å². The van der Waals surface area contributed by atoms with Crippen LogP contribution in [0.3, 0.4) is 0 Å². The minimum atomic E-state index is -0.0950. The van der Waals surface area contributed by atoms with Gasteiger partial charge in [-0.05, 0) is 24.6 Å². The first-order valence-electron chi connectivity index (χ1n) is 4.16. The molecule has 0 saturated carbocycles. The first kappa shape index (κ1) is 7.74. The molecule has 63 valence electrons. The zero-order valence-electron chi connectivity index (χ0n) is 6.76. The van der Waals surface area contributed by atoms with Crippen LogP contribution in [-0.2, 0) is 0 Å². The van der Waals surface area contributed by atoms with Gasteiger partial charge in [0.1, 0.15) is 5.82 Å². The lowest BCUT2D eigenvalue weighted by Gasteiger charge is -2.08. The fourth-order valence-electron chi connectivity index (χ4n) is 1.56. The molecule has 2 heteroatoms. The van der Waals surface area contributed by atoms with Crippen molar-refractivity contribution in [3.8, 4) is 0 Å². The summed E-state index contributed by atoms with van der Waals surface area (Å²) in [5.41, 5.74) is 0.808. The minimum Gasteiger partial charge on any atom is -0.316 e. The second-order valence-electron chi connectivity index (χ2n) is 3.02. The van der Waals surface area contributed by atoms with Crippen LogP contribution in [0.2, 0.25) is 0 Å². The van der Waals surface area contributed by atoms with Crippen LogP contribution in [0.15, 0.2) is 24.3 Å². The van der Waals surface area contributed by atoms with Crippen LogP contribution < -0.4 is 5.32 Å². The van der Waals surface area contributed by atoms with Crippen LogP contribution in [0.5, 0.6) is 0 Å². The van der Waals surface area contributed by atoms with Gasteiger partial charge in [-0.25, -0.2) is 4.39 Å². The summed E-state index contributed by atoms with van der Waals surface area (Å²) in [6, 6.07) is 6.97. The Morgan fingerprint density at radius 2 is 2.17 bits per heavy atom. The van der Waals surface area contributed by atoms with Crippen molar-refractivity contribution in [2.75, 3.05) is 13.1 Å². The third kappa shape index (κ3) is 1.34. The van der Waals surface area contributed by atoms with Crippen molar-refractivity contribution in [3.05, 3.63) is 42.1 Å². The molecule has 1 radical (unpaired) electrons. The lowest BCUT2D eigenvalue weighted by atomic mass is 9.98. The van der Waals surface area contributed by atoms with E-state index in [0.717, 1.165) is 18.7 Å². The van der Waals surface area contributed by atoms with Gasteiger partial charge in [0.05, 0.1) is 0 Å². The third-order valence-electron chi connectivity index (χ3n) is 2.22. The molecule has 1 atom stereocenters. The Kier molecular flexibility index (Phi) is 2.09. The van der Waals surface area contributed by atoms with E-state index in [0.29, 0.717) is 0 Å². The second kappa shape index (κ2) is 3.23. The Hall–Kier alpha value is -0.890. The molecule has 0 aliphatic carbocycles. The molecule has 1 N–H and O–H groups in total. The Balaban J connectivity index is 2.26. The van der Waals surface area contributed by atoms with E-state index < -0.39 is 0 Å². The van der Waals surface area contributed by atoms with E-state index in [2.05, 4.69) is 11.7 Å². The highest BCUT2D eigenvalue weighted by molar-refractivity contribution is 5.26. The number of benzene rings is 1. The van der Waals surface area contributed by atoms with E-state index in [4.69, 9.17) is 0 Å². The molecular formula is C10H11FN. The van der Waals surface area contributed by atoms with E-state index in [1.54, 1.807) is 6.07 Å². The first-order valence-corrected chi connectivity index (χ1v) is 4.16. The molecule has 1 unspecified atom stereocenters.